The first-order valence-corrected chi connectivity index (χ1v) is 7.56. The van der Waals surface area contributed by atoms with Crippen LogP contribution in [0.2, 0.25) is 0 Å². The average molecular weight is 328 g/mol. The summed E-state index contributed by atoms with van der Waals surface area (Å²) in [6.07, 6.45) is 0. The lowest BCUT2D eigenvalue weighted by Gasteiger charge is -2.10. The second-order valence-electron chi connectivity index (χ2n) is 4.12. The minimum Gasteiger partial charge on any atom is -0.389 e. The van der Waals surface area contributed by atoms with Crippen molar-refractivity contribution in [1.29, 1.82) is 0 Å². The molecule has 8 heteroatoms. The van der Waals surface area contributed by atoms with Gasteiger partial charge in [-0.05, 0) is 36.4 Å². The van der Waals surface area contributed by atoms with Crippen LogP contribution in [0, 0.1) is 11.6 Å². The second kappa shape index (κ2) is 5.74. The Hall–Kier alpha value is -2.06. The SMILES string of the molecule is NC(=S)c1cc(NS(=O)(=O)c2cccc(F)c2)ccc1F. The average Bonchev–Trinajstić information content (AvgIpc) is 2.40. The summed E-state index contributed by atoms with van der Waals surface area (Å²) in [5.41, 5.74) is 5.34. The first kappa shape index (κ1) is 15.3. The van der Waals surface area contributed by atoms with Crippen LogP contribution in [0.3, 0.4) is 0 Å². The Morgan fingerprint density at radius 3 is 2.48 bits per heavy atom. The zero-order valence-electron chi connectivity index (χ0n) is 10.5. The fraction of sp³-hybridized carbons (Fsp3) is 0. The van der Waals surface area contributed by atoms with Gasteiger partial charge in [0, 0.05) is 11.3 Å². The van der Waals surface area contributed by atoms with Crippen molar-refractivity contribution in [2.75, 3.05) is 4.72 Å². The summed E-state index contributed by atoms with van der Waals surface area (Å²) in [5.74, 6) is -1.34. The van der Waals surface area contributed by atoms with Crippen LogP contribution < -0.4 is 10.5 Å². The summed E-state index contributed by atoms with van der Waals surface area (Å²) in [7, 11) is -3.99. The van der Waals surface area contributed by atoms with Gasteiger partial charge in [-0.3, -0.25) is 4.72 Å². The van der Waals surface area contributed by atoms with Crippen LogP contribution in [-0.2, 0) is 10.0 Å². The van der Waals surface area contributed by atoms with E-state index in [4.69, 9.17) is 5.73 Å². The Balaban J connectivity index is 2.37. The van der Waals surface area contributed by atoms with Gasteiger partial charge in [0.15, 0.2) is 0 Å². The fourth-order valence-corrected chi connectivity index (χ4v) is 2.86. The maximum Gasteiger partial charge on any atom is 0.261 e. The summed E-state index contributed by atoms with van der Waals surface area (Å²) >= 11 is 4.67. The number of thiocarbonyl (C=S) groups is 1. The molecule has 0 bridgehead atoms. The summed E-state index contributed by atoms with van der Waals surface area (Å²) < 4.78 is 52.9. The van der Waals surface area contributed by atoms with Crippen molar-refractivity contribution in [2.45, 2.75) is 4.90 Å². The number of benzene rings is 2. The number of sulfonamides is 1. The maximum absolute atomic E-state index is 13.4. The normalized spacial score (nSPS) is 11.1. The van der Waals surface area contributed by atoms with Crippen LogP contribution >= 0.6 is 12.2 Å². The molecule has 0 aliphatic rings. The highest BCUT2D eigenvalue weighted by Gasteiger charge is 2.16. The highest BCUT2D eigenvalue weighted by Crippen LogP contribution is 2.19. The van der Waals surface area contributed by atoms with Gasteiger partial charge in [-0.15, -0.1) is 0 Å². The van der Waals surface area contributed by atoms with Crippen LogP contribution in [0.1, 0.15) is 5.56 Å². The van der Waals surface area contributed by atoms with Crippen molar-refractivity contribution in [3.05, 3.63) is 59.7 Å². The van der Waals surface area contributed by atoms with Gasteiger partial charge in [-0.2, -0.15) is 0 Å². The Labute approximate surface area is 125 Å². The topological polar surface area (TPSA) is 72.2 Å². The predicted octanol–water partition coefficient (Wildman–Crippen LogP) is 2.40. The van der Waals surface area contributed by atoms with Gasteiger partial charge < -0.3 is 5.73 Å². The largest absolute Gasteiger partial charge is 0.389 e. The Morgan fingerprint density at radius 2 is 1.86 bits per heavy atom. The van der Waals surface area contributed by atoms with Crippen LogP contribution in [-0.4, -0.2) is 13.4 Å². The van der Waals surface area contributed by atoms with Gasteiger partial charge in [0.05, 0.1) is 4.90 Å². The standard InChI is InChI=1S/C13H10F2N2O2S2/c14-8-2-1-3-10(6-8)21(18,19)17-9-4-5-12(15)11(7-9)13(16)20/h1-7,17H,(H2,16,20). The second-order valence-corrected chi connectivity index (χ2v) is 6.24. The van der Waals surface area contributed by atoms with Crippen LogP contribution in [0.25, 0.3) is 0 Å². The molecule has 0 aliphatic heterocycles. The van der Waals surface area contributed by atoms with Gasteiger partial charge in [0.2, 0.25) is 0 Å². The summed E-state index contributed by atoms with van der Waals surface area (Å²) in [4.78, 5) is -0.442. The summed E-state index contributed by atoms with van der Waals surface area (Å²) in [5, 5.41) is 0. The molecule has 2 aromatic carbocycles. The molecule has 0 atom stereocenters. The predicted molar refractivity (Wildman–Crippen MR) is 79.5 cm³/mol. The van der Waals surface area contributed by atoms with E-state index in [1.807, 2.05) is 0 Å². The molecule has 0 spiro atoms. The van der Waals surface area contributed by atoms with Gasteiger partial charge in [0.1, 0.15) is 16.6 Å². The van der Waals surface area contributed by atoms with Gasteiger partial charge in [-0.25, -0.2) is 17.2 Å². The molecule has 3 N–H and O–H groups in total. The van der Waals surface area contributed by atoms with E-state index < -0.39 is 21.7 Å². The monoisotopic (exact) mass is 328 g/mol. The van der Waals surface area contributed by atoms with Gasteiger partial charge in [0.25, 0.3) is 10.0 Å². The first-order chi connectivity index (χ1) is 9.79. The maximum atomic E-state index is 13.4. The zero-order chi connectivity index (χ0) is 15.6. The number of anilines is 1. The van der Waals surface area contributed by atoms with Crippen LogP contribution in [0.15, 0.2) is 47.4 Å². The van der Waals surface area contributed by atoms with Crippen molar-refractivity contribution in [1.82, 2.24) is 0 Å². The third kappa shape index (κ3) is 3.53. The molecule has 0 radical (unpaired) electrons. The molecule has 2 rings (SSSR count). The molecule has 0 heterocycles. The minimum atomic E-state index is -3.99. The van der Waals surface area contributed by atoms with Crippen molar-refractivity contribution in [3.63, 3.8) is 0 Å². The Bertz CT molecular complexity index is 808. The Morgan fingerprint density at radius 1 is 1.14 bits per heavy atom. The minimum absolute atomic E-state index is 0.0726. The molecule has 4 nitrogen and oxygen atoms in total. The summed E-state index contributed by atoms with van der Waals surface area (Å²) in [6, 6.07) is 7.95. The summed E-state index contributed by atoms with van der Waals surface area (Å²) in [6.45, 7) is 0. The van der Waals surface area contributed by atoms with Crippen molar-refractivity contribution in [3.8, 4) is 0 Å². The molecular weight excluding hydrogens is 318 g/mol. The van der Waals surface area contributed by atoms with E-state index in [2.05, 4.69) is 16.9 Å². The molecule has 0 saturated heterocycles. The van der Waals surface area contributed by atoms with E-state index >= 15 is 0 Å². The molecule has 2 aromatic rings. The van der Waals surface area contributed by atoms with Crippen molar-refractivity contribution < 1.29 is 17.2 Å². The lowest BCUT2D eigenvalue weighted by Crippen LogP contribution is -2.15. The van der Waals surface area contributed by atoms with Gasteiger partial charge in [-0.1, -0.05) is 18.3 Å². The number of nitrogens with one attached hydrogen (secondary N) is 1. The molecule has 0 aliphatic carbocycles. The molecule has 0 fully saturated rings. The molecular formula is C13H10F2N2O2S2. The third-order valence-electron chi connectivity index (χ3n) is 2.59. The van der Waals surface area contributed by atoms with E-state index in [0.717, 1.165) is 18.2 Å². The lowest BCUT2D eigenvalue weighted by atomic mass is 10.2. The molecule has 0 amide bonds. The van der Waals surface area contributed by atoms with E-state index in [1.165, 1.54) is 24.3 Å². The third-order valence-corrected chi connectivity index (χ3v) is 4.19. The van der Waals surface area contributed by atoms with Crippen molar-refractivity contribution in [2.24, 2.45) is 5.73 Å². The number of rotatable bonds is 4. The Kier molecular flexibility index (Phi) is 4.19. The highest BCUT2D eigenvalue weighted by molar-refractivity contribution is 7.92. The quantitative estimate of drug-likeness (QED) is 0.846. The lowest BCUT2D eigenvalue weighted by molar-refractivity contribution is 0.595. The van der Waals surface area contributed by atoms with Crippen molar-refractivity contribution >= 4 is 32.9 Å². The van der Waals surface area contributed by atoms with E-state index in [-0.39, 0.29) is 21.1 Å². The first-order valence-electron chi connectivity index (χ1n) is 5.67. The highest BCUT2D eigenvalue weighted by atomic mass is 32.2. The van der Waals surface area contributed by atoms with Gasteiger partial charge >= 0.3 is 0 Å². The number of hydrogen-bond acceptors (Lipinski definition) is 3. The molecule has 0 unspecified atom stereocenters. The molecule has 110 valence electrons. The fourth-order valence-electron chi connectivity index (χ4n) is 1.63. The smallest absolute Gasteiger partial charge is 0.261 e. The van der Waals surface area contributed by atoms with E-state index in [9.17, 15) is 17.2 Å². The molecule has 21 heavy (non-hydrogen) atoms. The van der Waals surface area contributed by atoms with E-state index in [0.29, 0.717) is 0 Å². The number of hydrogen-bond donors (Lipinski definition) is 2. The van der Waals surface area contributed by atoms with E-state index in [1.54, 1.807) is 0 Å². The van der Waals surface area contributed by atoms with Crippen LogP contribution in [0.4, 0.5) is 14.5 Å². The number of nitrogens with two attached hydrogens (primary N) is 1. The molecule has 0 aromatic heterocycles. The zero-order valence-corrected chi connectivity index (χ0v) is 12.1. The molecule has 0 saturated carbocycles. The van der Waals surface area contributed by atoms with Crippen LogP contribution in [0.5, 0.6) is 0 Å². The number of halogens is 2.